The molecule has 0 aromatic heterocycles. The van der Waals surface area contributed by atoms with Crippen molar-refractivity contribution in [3.63, 3.8) is 0 Å². The number of aryl methyl sites for hydroxylation is 1. The Morgan fingerprint density at radius 3 is 2.36 bits per heavy atom. The van der Waals surface area contributed by atoms with Crippen molar-refractivity contribution in [3.8, 4) is 12.1 Å². The number of benzene rings is 2. The number of nitro benzene ring substituents is 1. The molecule has 0 aliphatic rings. The molecule has 0 aliphatic carbocycles. The number of nitrogens with zero attached hydrogens (tertiary/aromatic N) is 3. The molecule has 0 saturated carbocycles. The smallest absolute Gasteiger partial charge is 0.294 e. The third-order valence-corrected chi connectivity index (χ3v) is 3.90. The first kappa shape index (κ1) is 15.5. The molecule has 0 amide bonds. The molecule has 0 saturated heterocycles. The van der Waals surface area contributed by atoms with Crippen LogP contribution in [-0.4, -0.2) is 4.92 Å². The molecule has 0 radical (unpaired) electrons. The van der Waals surface area contributed by atoms with Crippen LogP contribution in [0.2, 0.25) is 0 Å². The minimum absolute atomic E-state index is 0.0215. The summed E-state index contributed by atoms with van der Waals surface area (Å²) in [5.41, 5.74) is 1.59. The Morgan fingerprint density at radius 1 is 1.18 bits per heavy atom. The van der Waals surface area contributed by atoms with Crippen molar-refractivity contribution in [2.45, 2.75) is 6.92 Å². The van der Waals surface area contributed by atoms with Crippen molar-refractivity contribution in [3.05, 3.63) is 61.6 Å². The van der Waals surface area contributed by atoms with E-state index in [1.54, 1.807) is 12.1 Å². The average Bonchev–Trinajstić information content (AvgIpc) is 2.50. The van der Waals surface area contributed by atoms with E-state index in [9.17, 15) is 10.1 Å². The van der Waals surface area contributed by atoms with Crippen LogP contribution in [0.1, 0.15) is 16.7 Å². The average molecular weight is 357 g/mol. The van der Waals surface area contributed by atoms with Crippen molar-refractivity contribution >= 4 is 33.0 Å². The van der Waals surface area contributed by atoms with Gasteiger partial charge in [0.15, 0.2) is 0 Å². The summed E-state index contributed by atoms with van der Waals surface area (Å²) in [7, 11) is 0. The third-order valence-electron chi connectivity index (χ3n) is 3.01. The number of halogens is 1. The topological polar surface area (TPSA) is 103 Å². The maximum Gasteiger partial charge on any atom is 0.294 e. The van der Waals surface area contributed by atoms with Gasteiger partial charge in [-0.25, -0.2) is 0 Å². The molecule has 7 heteroatoms. The minimum Gasteiger partial charge on any atom is -0.350 e. The van der Waals surface area contributed by atoms with Crippen molar-refractivity contribution in [2.24, 2.45) is 0 Å². The first-order chi connectivity index (χ1) is 10.5. The molecule has 2 aromatic rings. The molecule has 0 bridgehead atoms. The van der Waals surface area contributed by atoms with Gasteiger partial charge in [0.2, 0.25) is 0 Å². The highest BCUT2D eigenvalue weighted by Gasteiger charge is 2.18. The van der Waals surface area contributed by atoms with Crippen LogP contribution < -0.4 is 5.32 Å². The number of nitrogens with one attached hydrogen (secondary N) is 1. The zero-order valence-electron chi connectivity index (χ0n) is 11.4. The highest BCUT2D eigenvalue weighted by Crippen LogP contribution is 2.31. The fourth-order valence-corrected chi connectivity index (χ4v) is 2.15. The lowest BCUT2D eigenvalue weighted by atomic mass is 10.1. The van der Waals surface area contributed by atoms with Crippen molar-refractivity contribution in [1.29, 1.82) is 10.5 Å². The molecule has 108 valence electrons. The van der Waals surface area contributed by atoms with Gasteiger partial charge in [-0.1, -0.05) is 15.9 Å². The fourth-order valence-electron chi connectivity index (χ4n) is 1.90. The number of nitriles is 2. The van der Waals surface area contributed by atoms with E-state index in [0.717, 1.165) is 16.1 Å². The first-order valence-electron chi connectivity index (χ1n) is 6.12. The van der Waals surface area contributed by atoms with Crippen LogP contribution in [0.15, 0.2) is 34.8 Å². The number of hydrogen-bond acceptors (Lipinski definition) is 5. The van der Waals surface area contributed by atoms with Gasteiger partial charge < -0.3 is 5.32 Å². The summed E-state index contributed by atoms with van der Waals surface area (Å²) < 4.78 is 0.921. The predicted molar refractivity (Wildman–Crippen MR) is 84.7 cm³/mol. The largest absolute Gasteiger partial charge is 0.350 e. The molecule has 2 rings (SSSR count). The summed E-state index contributed by atoms with van der Waals surface area (Å²) in [4.78, 5) is 10.6. The zero-order chi connectivity index (χ0) is 16.3. The van der Waals surface area contributed by atoms with Crippen molar-refractivity contribution in [1.82, 2.24) is 0 Å². The Labute approximate surface area is 134 Å². The summed E-state index contributed by atoms with van der Waals surface area (Å²) in [6.45, 7) is 1.89. The summed E-state index contributed by atoms with van der Waals surface area (Å²) in [6, 6.07) is 11.5. The van der Waals surface area contributed by atoms with E-state index >= 15 is 0 Å². The highest BCUT2D eigenvalue weighted by atomic mass is 79.9. The second kappa shape index (κ2) is 6.25. The Hall–Kier alpha value is -2.90. The SMILES string of the molecule is Cc1cc(Nc2cc(C#N)c(C#N)cc2[N+](=O)[O-])ccc1Br. The van der Waals surface area contributed by atoms with Gasteiger partial charge in [-0.05, 0) is 36.8 Å². The lowest BCUT2D eigenvalue weighted by molar-refractivity contribution is -0.383. The highest BCUT2D eigenvalue weighted by molar-refractivity contribution is 9.10. The Morgan fingerprint density at radius 2 is 1.82 bits per heavy atom. The second-order valence-corrected chi connectivity index (χ2v) is 5.34. The molecule has 2 aromatic carbocycles. The fraction of sp³-hybridized carbons (Fsp3) is 0.0667. The summed E-state index contributed by atoms with van der Waals surface area (Å²) in [5, 5.41) is 32.1. The van der Waals surface area contributed by atoms with E-state index < -0.39 is 4.92 Å². The summed E-state index contributed by atoms with van der Waals surface area (Å²) in [6.07, 6.45) is 0. The van der Waals surface area contributed by atoms with Gasteiger partial charge in [-0.3, -0.25) is 10.1 Å². The van der Waals surface area contributed by atoms with Gasteiger partial charge in [0.25, 0.3) is 5.69 Å². The van der Waals surface area contributed by atoms with Gasteiger partial charge in [-0.2, -0.15) is 10.5 Å². The second-order valence-electron chi connectivity index (χ2n) is 4.48. The van der Waals surface area contributed by atoms with Crippen LogP contribution in [0.25, 0.3) is 0 Å². The lowest BCUT2D eigenvalue weighted by Gasteiger charge is -2.09. The standard InChI is InChI=1S/C15H9BrN4O2/c1-9-4-12(2-3-13(9)16)19-14-5-10(7-17)11(8-18)6-15(14)20(21)22/h2-6,19H,1H3. The molecule has 0 atom stereocenters. The molecule has 0 heterocycles. The lowest BCUT2D eigenvalue weighted by Crippen LogP contribution is -2.00. The van der Waals surface area contributed by atoms with Gasteiger partial charge in [0.1, 0.15) is 17.8 Å². The molecule has 22 heavy (non-hydrogen) atoms. The molecule has 0 spiro atoms. The minimum atomic E-state index is -0.587. The molecular formula is C15H9BrN4O2. The third kappa shape index (κ3) is 3.05. The molecule has 0 aliphatic heterocycles. The van der Waals surface area contributed by atoms with E-state index in [1.807, 2.05) is 25.1 Å². The van der Waals surface area contributed by atoms with Gasteiger partial charge in [-0.15, -0.1) is 0 Å². The van der Waals surface area contributed by atoms with Crippen LogP contribution in [0, 0.1) is 39.7 Å². The maximum atomic E-state index is 11.2. The van der Waals surface area contributed by atoms with Gasteiger partial charge in [0, 0.05) is 16.2 Å². The van der Waals surface area contributed by atoms with Crippen LogP contribution in [0.5, 0.6) is 0 Å². The number of nitro groups is 1. The van der Waals surface area contributed by atoms with Gasteiger partial charge >= 0.3 is 0 Å². The predicted octanol–water partition coefficient (Wildman–Crippen LogP) is 4.15. The molecule has 0 fully saturated rings. The van der Waals surface area contributed by atoms with E-state index in [4.69, 9.17) is 10.5 Å². The maximum absolute atomic E-state index is 11.2. The van der Waals surface area contributed by atoms with Crippen LogP contribution in [0.4, 0.5) is 17.1 Å². The molecular weight excluding hydrogens is 348 g/mol. The van der Waals surface area contributed by atoms with E-state index in [-0.39, 0.29) is 22.5 Å². The molecule has 6 nitrogen and oxygen atoms in total. The normalized spacial score (nSPS) is 9.64. The Kier molecular flexibility index (Phi) is 4.40. The number of anilines is 2. The van der Waals surface area contributed by atoms with E-state index in [2.05, 4.69) is 21.2 Å². The summed E-state index contributed by atoms with van der Waals surface area (Å²) >= 11 is 3.38. The summed E-state index contributed by atoms with van der Waals surface area (Å²) in [5.74, 6) is 0. The van der Waals surface area contributed by atoms with Gasteiger partial charge in [0.05, 0.1) is 16.1 Å². The van der Waals surface area contributed by atoms with Crippen LogP contribution >= 0.6 is 15.9 Å². The Balaban J connectivity index is 2.54. The monoisotopic (exact) mass is 356 g/mol. The molecule has 1 N–H and O–H groups in total. The van der Waals surface area contributed by atoms with Crippen LogP contribution in [-0.2, 0) is 0 Å². The van der Waals surface area contributed by atoms with Crippen molar-refractivity contribution < 1.29 is 4.92 Å². The quantitative estimate of drug-likeness (QED) is 0.656. The Bertz CT molecular complexity index is 850. The number of hydrogen-bond donors (Lipinski definition) is 1. The zero-order valence-corrected chi connectivity index (χ0v) is 13.0. The van der Waals surface area contributed by atoms with Crippen LogP contribution in [0.3, 0.4) is 0 Å². The molecule has 0 unspecified atom stereocenters. The van der Waals surface area contributed by atoms with E-state index in [1.165, 1.54) is 6.07 Å². The number of rotatable bonds is 3. The van der Waals surface area contributed by atoms with Crippen molar-refractivity contribution in [2.75, 3.05) is 5.32 Å². The van der Waals surface area contributed by atoms with E-state index in [0.29, 0.717) is 5.69 Å². The first-order valence-corrected chi connectivity index (χ1v) is 6.91.